The first-order chi connectivity index (χ1) is 14.5. The van der Waals surface area contributed by atoms with Gasteiger partial charge in [-0.2, -0.15) is 0 Å². The minimum atomic E-state index is -1.70. The normalized spacial score (nSPS) is 30.9. The maximum absolute atomic E-state index is 12.2. The van der Waals surface area contributed by atoms with Crippen molar-refractivity contribution in [2.45, 2.75) is 123 Å². The van der Waals surface area contributed by atoms with Gasteiger partial charge >= 0.3 is 0 Å². The third-order valence-electron chi connectivity index (χ3n) is 8.21. The SMILES string of the molecule is CCCC[Si](CCCC)(CCCC)O[C@H]1CC[C@@H]2/C(C)=C\C[C@H]3CC(=O)C=C3C[C@H]12. The molecule has 0 unspecified atom stereocenters. The van der Waals surface area contributed by atoms with E-state index in [0.29, 0.717) is 29.6 Å². The fourth-order valence-corrected chi connectivity index (χ4v) is 11.4. The Morgan fingerprint density at radius 1 is 0.967 bits per heavy atom. The summed E-state index contributed by atoms with van der Waals surface area (Å²) >= 11 is 0. The van der Waals surface area contributed by atoms with Gasteiger partial charge in [0.1, 0.15) is 0 Å². The molecule has 3 heteroatoms. The number of allylic oxidation sites excluding steroid dienone is 4. The highest BCUT2D eigenvalue weighted by molar-refractivity contribution is 6.73. The van der Waals surface area contributed by atoms with E-state index in [4.69, 9.17) is 4.43 Å². The van der Waals surface area contributed by atoms with E-state index in [9.17, 15) is 4.79 Å². The molecule has 0 aromatic carbocycles. The van der Waals surface area contributed by atoms with Crippen LogP contribution in [0.4, 0.5) is 0 Å². The standard InChI is InChI=1S/C27H46O2Si/c1-5-8-15-30(16-9-6-2,17-10-7-3)29-27-14-13-25-21(4)11-12-22-18-24(28)19-23(22)20-26(25)27/h11,19,22,25-27H,5-10,12-18,20H2,1-4H3/b21-11-/t22-,25+,26-,27-/m0/s1. The molecule has 0 aromatic heterocycles. The number of fused-ring (bicyclic) bond motifs is 2. The van der Waals surface area contributed by atoms with Gasteiger partial charge in [-0.05, 0) is 74.6 Å². The molecule has 0 aromatic rings. The number of hydrogen-bond donors (Lipinski definition) is 0. The van der Waals surface area contributed by atoms with E-state index in [2.05, 4.69) is 33.8 Å². The average Bonchev–Trinajstić information content (AvgIpc) is 3.28. The molecule has 0 spiro atoms. The summed E-state index contributed by atoms with van der Waals surface area (Å²) in [6.07, 6.45) is 18.2. The smallest absolute Gasteiger partial charge is 0.193 e. The van der Waals surface area contributed by atoms with Crippen molar-refractivity contribution in [2.75, 3.05) is 0 Å². The molecule has 0 radical (unpaired) electrons. The Morgan fingerprint density at radius 2 is 1.60 bits per heavy atom. The molecule has 3 rings (SSSR count). The molecule has 30 heavy (non-hydrogen) atoms. The molecule has 0 saturated heterocycles. The second-order valence-electron chi connectivity index (χ2n) is 10.5. The van der Waals surface area contributed by atoms with E-state index in [1.807, 2.05) is 6.08 Å². The fraction of sp³-hybridized carbons (Fsp3) is 0.815. The molecule has 3 aliphatic carbocycles. The fourth-order valence-electron chi connectivity index (χ4n) is 6.36. The van der Waals surface area contributed by atoms with Crippen LogP contribution in [0.5, 0.6) is 0 Å². The predicted octanol–water partition coefficient (Wildman–Crippen LogP) is 8.00. The minimum Gasteiger partial charge on any atom is -0.414 e. The third-order valence-corrected chi connectivity index (χ3v) is 12.8. The zero-order valence-electron chi connectivity index (χ0n) is 20.2. The van der Waals surface area contributed by atoms with Crippen LogP contribution in [0.3, 0.4) is 0 Å². The number of carbonyl (C=O) groups excluding carboxylic acids is 1. The van der Waals surface area contributed by atoms with Crippen molar-refractivity contribution in [3.63, 3.8) is 0 Å². The van der Waals surface area contributed by atoms with E-state index >= 15 is 0 Å². The van der Waals surface area contributed by atoms with Crippen molar-refractivity contribution in [3.8, 4) is 0 Å². The highest BCUT2D eigenvalue weighted by atomic mass is 28.4. The van der Waals surface area contributed by atoms with Gasteiger partial charge in [0.25, 0.3) is 0 Å². The van der Waals surface area contributed by atoms with Crippen LogP contribution >= 0.6 is 0 Å². The van der Waals surface area contributed by atoms with Crippen molar-refractivity contribution in [2.24, 2.45) is 17.8 Å². The van der Waals surface area contributed by atoms with Crippen molar-refractivity contribution in [1.29, 1.82) is 0 Å². The van der Waals surface area contributed by atoms with E-state index in [1.165, 1.54) is 75.1 Å². The summed E-state index contributed by atoms with van der Waals surface area (Å²) in [7, 11) is -1.70. The van der Waals surface area contributed by atoms with Crippen LogP contribution in [-0.4, -0.2) is 20.2 Å². The van der Waals surface area contributed by atoms with Gasteiger partial charge < -0.3 is 4.43 Å². The maximum Gasteiger partial charge on any atom is 0.193 e. The zero-order valence-corrected chi connectivity index (χ0v) is 21.2. The molecule has 170 valence electrons. The lowest BCUT2D eigenvalue weighted by Gasteiger charge is -2.38. The molecule has 0 amide bonds. The first-order valence-electron chi connectivity index (χ1n) is 13.1. The molecular weight excluding hydrogens is 384 g/mol. The van der Waals surface area contributed by atoms with E-state index in [0.717, 1.165) is 19.3 Å². The largest absolute Gasteiger partial charge is 0.414 e. The summed E-state index contributed by atoms with van der Waals surface area (Å²) < 4.78 is 7.39. The third kappa shape index (κ3) is 5.76. The van der Waals surface area contributed by atoms with Gasteiger partial charge in [-0.3, -0.25) is 4.79 Å². The van der Waals surface area contributed by atoms with Crippen molar-refractivity contribution in [3.05, 3.63) is 23.3 Å². The van der Waals surface area contributed by atoms with Gasteiger partial charge in [-0.25, -0.2) is 0 Å². The Bertz CT molecular complexity index is 613. The molecule has 0 aliphatic heterocycles. The highest BCUT2D eigenvalue weighted by Gasteiger charge is 2.45. The van der Waals surface area contributed by atoms with Gasteiger partial charge in [0.15, 0.2) is 14.1 Å². The van der Waals surface area contributed by atoms with Crippen LogP contribution in [0.2, 0.25) is 18.1 Å². The van der Waals surface area contributed by atoms with Crippen LogP contribution in [-0.2, 0) is 9.22 Å². The number of hydrogen-bond acceptors (Lipinski definition) is 2. The van der Waals surface area contributed by atoms with Gasteiger partial charge in [-0.15, -0.1) is 0 Å². The van der Waals surface area contributed by atoms with Crippen molar-refractivity contribution < 1.29 is 9.22 Å². The summed E-state index contributed by atoms with van der Waals surface area (Å²) in [6, 6.07) is 4.07. The van der Waals surface area contributed by atoms with Crippen LogP contribution in [0.25, 0.3) is 0 Å². The van der Waals surface area contributed by atoms with Crippen molar-refractivity contribution >= 4 is 14.1 Å². The molecule has 1 saturated carbocycles. The summed E-state index contributed by atoms with van der Waals surface area (Å²) in [5, 5.41) is 0. The van der Waals surface area contributed by atoms with Crippen molar-refractivity contribution in [1.82, 2.24) is 0 Å². The summed E-state index contributed by atoms with van der Waals surface area (Å²) in [5.74, 6) is 2.09. The van der Waals surface area contributed by atoms with E-state index in [-0.39, 0.29) is 0 Å². The second-order valence-corrected chi connectivity index (χ2v) is 14.6. The monoisotopic (exact) mass is 430 g/mol. The zero-order chi connectivity index (χ0) is 21.6. The molecule has 0 N–H and O–H groups in total. The molecular formula is C27H46O2Si. The number of ketones is 1. The Morgan fingerprint density at radius 3 is 2.20 bits per heavy atom. The average molecular weight is 431 g/mol. The summed E-state index contributed by atoms with van der Waals surface area (Å²) in [6.45, 7) is 9.34. The predicted molar refractivity (Wildman–Crippen MR) is 130 cm³/mol. The van der Waals surface area contributed by atoms with Gasteiger partial charge in [-0.1, -0.05) is 76.5 Å². The van der Waals surface area contributed by atoms with Crippen LogP contribution in [0.1, 0.15) is 98.3 Å². The van der Waals surface area contributed by atoms with E-state index < -0.39 is 8.32 Å². The van der Waals surface area contributed by atoms with Gasteiger partial charge in [0, 0.05) is 12.5 Å². The minimum absolute atomic E-state index is 0.354. The first-order valence-corrected chi connectivity index (χ1v) is 15.6. The summed E-state index contributed by atoms with van der Waals surface area (Å²) in [4.78, 5) is 12.2. The van der Waals surface area contributed by atoms with Gasteiger partial charge in [0.2, 0.25) is 0 Å². The lowest BCUT2D eigenvalue weighted by Crippen LogP contribution is -2.43. The quantitative estimate of drug-likeness (QED) is 0.245. The molecule has 4 atom stereocenters. The summed E-state index contributed by atoms with van der Waals surface area (Å²) in [5.41, 5.74) is 3.02. The Balaban J connectivity index is 1.82. The van der Waals surface area contributed by atoms with E-state index in [1.54, 1.807) is 5.57 Å². The first kappa shape index (κ1) is 24.0. The van der Waals surface area contributed by atoms with Crippen LogP contribution in [0, 0.1) is 17.8 Å². The van der Waals surface area contributed by atoms with Crippen LogP contribution in [0.15, 0.2) is 23.3 Å². The Labute approximate surface area is 187 Å². The number of carbonyl (C=O) groups is 1. The van der Waals surface area contributed by atoms with Crippen LogP contribution < -0.4 is 0 Å². The lowest BCUT2D eigenvalue weighted by atomic mass is 9.78. The molecule has 0 heterocycles. The maximum atomic E-state index is 12.2. The topological polar surface area (TPSA) is 26.3 Å². The Hall–Kier alpha value is -0.673. The lowest BCUT2D eigenvalue weighted by molar-refractivity contribution is -0.114. The van der Waals surface area contributed by atoms with Gasteiger partial charge in [0.05, 0.1) is 0 Å². The molecule has 0 bridgehead atoms. The number of unbranched alkanes of at least 4 members (excludes halogenated alkanes) is 3. The number of rotatable bonds is 11. The second kappa shape index (κ2) is 11.3. The molecule has 3 aliphatic rings. The molecule has 2 nitrogen and oxygen atoms in total. The highest BCUT2D eigenvalue weighted by Crippen LogP contribution is 2.48. The molecule has 1 fully saturated rings. The Kier molecular flexibility index (Phi) is 9.01.